The molecule has 0 saturated heterocycles. The van der Waals surface area contributed by atoms with E-state index in [0.717, 1.165) is 28.5 Å². The molecule has 0 aliphatic rings. The zero-order chi connectivity index (χ0) is 14.7. The average molecular weight is 296 g/mol. The highest BCUT2D eigenvalue weighted by Crippen LogP contribution is 2.27. The summed E-state index contributed by atoms with van der Waals surface area (Å²) in [7, 11) is 0. The zero-order valence-electron chi connectivity index (χ0n) is 12.1. The van der Waals surface area contributed by atoms with Crippen LogP contribution in [0.5, 0.6) is 0 Å². The summed E-state index contributed by atoms with van der Waals surface area (Å²) in [4.78, 5) is 4.53. The minimum atomic E-state index is 0.568. The summed E-state index contributed by atoms with van der Waals surface area (Å²) in [5.41, 5.74) is 3.43. The van der Waals surface area contributed by atoms with Gasteiger partial charge in [0.05, 0.1) is 5.69 Å². The van der Waals surface area contributed by atoms with Crippen molar-refractivity contribution in [2.24, 2.45) is 0 Å². The van der Waals surface area contributed by atoms with Gasteiger partial charge in [-0.15, -0.1) is 0 Å². The molecule has 106 valence electrons. The second-order valence-corrected chi connectivity index (χ2v) is 5.68. The summed E-state index contributed by atoms with van der Waals surface area (Å²) < 4.78 is 0. The second kappa shape index (κ2) is 6.28. The third-order valence-electron chi connectivity index (χ3n) is 3.76. The van der Waals surface area contributed by atoms with Crippen molar-refractivity contribution in [2.75, 3.05) is 0 Å². The zero-order valence-corrected chi connectivity index (χ0v) is 12.9. The molecule has 1 aromatic heterocycles. The third-order valence-corrected chi connectivity index (χ3v) is 4.05. The van der Waals surface area contributed by atoms with Crippen molar-refractivity contribution >= 4 is 22.4 Å². The number of hydrogen-bond donors (Lipinski definition) is 0. The van der Waals surface area contributed by atoms with Crippen molar-refractivity contribution in [3.8, 4) is 11.3 Å². The molecule has 0 aliphatic carbocycles. The van der Waals surface area contributed by atoms with Crippen LogP contribution in [-0.2, 0) is 6.42 Å². The molecule has 0 radical (unpaired) electrons. The summed E-state index contributed by atoms with van der Waals surface area (Å²) in [6.07, 6.45) is 3.60. The smallest absolute Gasteiger partial charge is 0.137 e. The summed E-state index contributed by atoms with van der Waals surface area (Å²) in [6.45, 7) is 2.22. The standard InChI is InChI=1S/C19H18ClN/c1-2-3-6-14-9-11-15(12-10-14)18-13-16-7-4-5-8-17(16)19(20)21-18/h4-5,7-13H,2-3,6H2,1H3. The lowest BCUT2D eigenvalue weighted by Gasteiger charge is -2.07. The van der Waals surface area contributed by atoms with E-state index < -0.39 is 0 Å². The highest BCUT2D eigenvalue weighted by atomic mass is 35.5. The number of halogens is 1. The predicted molar refractivity (Wildman–Crippen MR) is 90.8 cm³/mol. The number of benzene rings is 2. The topological polar surface area (TPSA) is 12.9 Å². The number of rotatable bonds is 4. The fourth-order valence-corrected chi connectivity index (χ4v) is 2.79. The Morgan fingerprint density at radius 3 is 2.52 bits per heavy atom. The van der Waals surface area contributed by atoms with Crippen molar-refractivity contribution < 1.29 is 0 Å². The SMILES string of the molecule is CCCCc1ccc(-c2cc3ccccc3c(Cl)n2)cc1. The van der Waals surface area contributed by atoms with Crippen LogP contribution in [0.15, 0.2) is 54.6 Å². The molecule has 0 atom stereocenters. The van der Waals surface area contributed by atoms with Gasteiger partial charge in [-0.1, -0.05) is 73.5 Å². The summed E-state index contributed by atoms with van der Waals surface area (Å²) in [5.74, 6) is 0. The first-order valence-electron chi connectivity index (χ1n) is 7.42. The molecule has 0 spiro atoms. The van der Waals surface area contributed by atoms with E-state index in [2.05, 4.69) is 48.3 Å². The Bertz CT molecular complexity index is 747. The number of pyridine rings is 1. The van der Waals surface area contributed by atoms with Gasteiger partial charge in [-0.2, -0.15) is 0 Å². The minimum Gasteiger partial charge on any atom is -0.235 e. The summed E-state index contributed by atoms with van der Waals surface area (Å²) in [5, 5.41) is 2.70. The lowest BCUT2D eigenvalue weighted by Crippen LogP contribution is -1.88. The van der Waals surface area contributed by atoms with Crippen LogP contribution in [0.25, 0.3) is 22.0 Å². The maximum absolute atomic E-state index is 6.30. The van der Waals surface area contributed by atoms with E-state index in [-0.39, 0.29) is 0 Å². The van der Waals surface area contributed by atoms with Crippen LogP contribution in [-0.4, -0.2) is 4.98 Å². The van der Waals surface area contributed by atoms with Crippen LogP contribution >= 0.6 is 11.6 Å². The first kappa shape index (κ1) is 14.1. The number of nitrogens with zero attached hydrogens (tertiary/aromatic N) is 1. The number of unbranched alkanes of at least 4 members (excludes halogenated alkanes) is 1. The van der Waals surface area contributed by atoms with Crippen LogP contribution in [0.1, 0.15) is 25.3 Å². The maximum Gasteiger partial charge on any atom is 0.137 e. The molecule has 0 saturated carbocycles. The van der Waals surface area contributed by atoms with Gasteiger partial charge in [0.1, 0.15) is 5.15 Å². The highest BCUT2D eigenvalue weighted by Gasteiger charge is 2.06. The first-order valence-corrected chi connectivity index (χ1v) is 7.80. The first-order chi connectivity index (χ1) is 10.3. The summed E-state index contributed by atoms with van der Waals surface area (Å²) in [6, 6.07) is 18.8. The van der Waals surface area contributed by atoms with Crippen LogP contribution < -0.4 is 0 Å². The molecule has 2 heteroatoms. The van der Waals surface area contributed by atoms with Gasteiger partial charge in [0.15, 0.2) is 0 Å². The molecule has 1 heterocycles. The van der Waals surface area contributed by atoms with E-state index in [4.69, 9.17) is 11.6 Å². The Morgan fingerprint density at radius 1 is 1.00 bits per heavy atom. The van der Waals surface area contributed by atoms with Crippen molar-refractivity contribution in [3.63, 3.8) is 0 Å². The van der Waals surface area contributed by atoms with Gasteiger partial charge in [-0.25, -0.2) is 4.98 Å². The van der Waals surface area contributed by atoms with Crippen molar-refractivity contribution in [1.82, 2.24) is 4.98 Å². The molecular weight excluding hydrogens is 278 g/mol. The van der Waals surface area contributed by atoms with Gasteiger partial charge in [0.2, 0.25) is 0 Å². The molecule has 2 aromatic carbocycles. The largest absolute Gasteiger partial charge is 0.235 e. The van der Waals surface area contributed by atoms with Crippen LogP contribution in [0.4, 0.5) is 0 Å². The molecule has 21 heavy (non-hydrogen) atoms. The molecule has 3 aromatic rings. The van der Waals surface area contributed by atoms with E-state index in [9.17, 15) is 0 Å². The molecule has 0 bridgehead atoms. The molecule has 1 nitrogen and oxygen atoms in total. The normalized spacial score (nSPS) is 11.0. The number of aryl methyl sites for hydroxylation is 1. The molecular formula is C19H18ClN. The van der Waals surface area contributed by atoms with Crippen LogP contribution in [0, 0.1) is 0 Å². The minimum absolute atomic E-state index is 0.568. The molecule has 0 fully saturated rings. The molecule has 0 unspecified atom stereocenters. The molecule has 0 amide bonds. The highest BCUT2D eigenvalue weighted by molar-refractivity contribution is 6.34. The lowest BCUT2D eigenvalue weighted by molar-refractivity contribution is 0.795. The van der Waals surface area contributed by atoms with Gasteiger partial charge in [-0.05, 0) is 29.9 Å². The van der Waals surface area contributed by atoms with E-state index in [1.165, 1.54) is 18.4 Å². The molecule has 0 aliphatic heterocycles. The van der Waals surface area contributed by atoms with Crippen LogP contribution in [0.3, 0.4) is 0 Å². The Kier molecular flexibility index (Phi) is 4.21. The fourth-order valence-electron chi connectivity index (χ4n) is 2.53. The fraction of sp³-hybridized carbons (Fsp3) is 0.211. The second-order valence-electron chi connectivity index (χ2n) is 5.32. The van der Waals surface area contributed by atoms with E-state index >= 15 is 0 Å². The van der Waals surface area contributed by atoms with Gasteiger partial charge >= 0.3 is 0 Å². The maximum atomic E-state index is 6.30. The quantitative estimate of drug-likeness (QED) is 0.546. The van der Waals surface area contributed by atoms with E-state index in [1.807, 2.05) is 18.2 Å². The van der Waals surface area contributed by atoms with E-state index in [0.29, 0.717) is 5.15 Å². The molecule has 3 rings (SSSR count). The van der Waals surface area contributed by atoms with Gasteiger partial charge in [0.25, 0.3) is 0 Å². The lowest BCUT2D eigenvalue weighted by atomic mass is 10.0. The Hall–Kier alpha value is -1.86. The summed E-state index contributed by atoms with van der Waals surface area (Å²) >= 11 is 6.30. The number of hydrogen-bond acceptors (Lipinski definition) is 1. The number of fused-ring (bicyclic) bond motifs is 1. The van der Waals surface area contributed by atoms with Gasteiger partial charge < -0.3 is 0 Å². The van der Waals surface area contributed by atoms with Crippen molar-refractivity contribution in [3.05, 3.63) is 65.3 Å². The third kappa shape index (κ3) is 3.08. The Labute approximate surface area is 130 Å². The van der Waals surface area contributed by atoms with Gasteiger partial charge in [-0.3, -0.25) is 0 Å². The van der Waals surface area contributed by atoms with E-state index in [1.54, 1.807) is 0 Å². The molecule has 0 N–H and O–H groups in total. The monoisotopic (exact) mass is 295 g/mol. The van der Waals surface area contributed by atoms with Crippen molar-refractivity contribution in [1.29, 1.82) is 0 Å². The Balaban J connectivity index is 1.96. The number of aromatic nitrogens is 1. The Morgan fingerprint density at radius 2 is 1.76 bits per heavy atom. The van der Waals surface area contributed by atoms with Crippen molar-refractivity contribution in [2.45, 2.75) is 26.2 Å². The van der Waals surface area contributed by atoms with Gasteiger partial charge in [0, 0.05) is 10.9 Å². The predicted octanol–water partition coefficient (Wildman–Crippen LogP) is 5.90. The average Bonchev–Trinajstić information content (AvgIpc) is 2.53. The van der Waals surface area contributed by atoms with Crippen LogP contribution in [0.2, 0.25) is 5.15 Å².